The van der Waals surface area contributed by atoms with Crippen molar-refractivity contribution in [3.8, 4) is 0 Å². The van der Waals surface area contributed by atoms with Crippen LogP contribution in [0.3, 0.4) is 0 Å². The number of halogens is 1. The van der Waals surface area contributed by atoms with E-state index in [0.717, 1.165) is 13.0 Å². The Morgan fingerprint density at radius 2 is 1.42 bits per heavy atom. The summed E-state index contributed by atoms with van der Waals surface area (Å²) in [4.78, 5) is -0.473. The number of hydrogen-bond acceptors (Lipinski definition) is 1. The van der Waals surface area contributed by atoms with Crippen molar-refractivity contribution in [1.29, 1.82) is 0 Å². The van der Waals surface area contributed by atoms with E-state index in [-0.39, 0.29) is 0 Å². The molecule has 0 amide bonds. The van der Waals surface area contributed by atoms with Gasteiger partial charge < -0.3 is 5.32 Å². The molecule has 2 heteroatoms. The molecule has 0 bridgehead atoms. The van der Waals surface area contributed by atoms with Crippen LogP contribution in [0.1, 0.15) is 24.0 Å². The van der Waals surface area contributed by atoms with Gasteiger partial charge in [-0.2, -0.15) is 0 Å². The summed E-state index contributed by atoms with van der Waals surface area (Å²) in [5.74, 6) is 0. The first-order chi connectivity index (χ1) is 9.32. The van der Waals surface area contributed by atoms with Gasteiger partial charge in [-0.05, 0) is 30.5 Å². The van der Waals surface area contributed by atoms with Crippen molar-refractivity contribution >= 4 is 11.6 Å². The zero-order valence-electron chi connectivity index (χ0n) is 10.9. The van der Waals surface area contributed by atoms with E-state index >= 15 is 0 Å². The molecule has 1 nitrogen and oxygen atoms in total. The highest BCUT2D eigenvalue weighted by molar-refractivity contribution is 6.26. The molecule has 1 saturated heterocycles. The molecule has 0 aliphatic carbocycles. The third kappa shape index (κ3) is 2.29. The van der Waals surface area contributed by atoms with Crippen LogP contribution in [0.25, 0.3) is 0 Å². The van der Waals surface area contributed by atoms with Crippen molar-refractivity contribution in [2.75, 3.05) is 6.54 Å². The zero-order chi connectivity index (χ0) is 13.1. The van der Waals surface area contributed by atoms with Crippen molar-refractivity contribution in [1.82, 2.24) is 5.32 Å². The van der Waals surface area contributed by atoms with Gasteiger partial charge in [0, 0.05) is 6.04 Å². The third-order valence-electron chi connectivity index (χ3n) is 3.93. The molecule has 19 heavy (non-hydrogen) atoms. The van der Waals surface area contributed by atoms with Gasteiger partial charge in [-0.1, -0.05) is 60.7 Å². The summed E-state index contributed by atoms with van der Waals surface area (Å²) in [6.07, 6.45) is 2.31. The molecule has 1 aliphatic heterocycles. The van der Waals surface area contributed by atoms with Gasteiger partial charge in [0.25, 0.3) is 0 Å². The summed E-state index contributed by atoms with van der Waals surface area (Å²) in [7, 11) is 0. The molecule has 1 aliphatic rings. The minimum atomic E-state index is -0.473. The smallest absolute Gasteiger partial charge is 0.110 e. The van der Waals surface area contributed by atoms with Crippen molar-refractivity contribution < 1.29 is 0 Å². The van der Waals surface area contributed by atoms with Crippen LogP contribution < -0.4 is 5.32 Å². The normalized spacial score (nSPS) is 19.5. The van der Waals surface area contributed by atoms with E-state index < -0.39 is 4.87 Å². The molecule has 0 saturated carbocycles. The van der Waals surface area contributed by atoms with Gasteiger partial charge in [0.15, 0.2) is 0 Å². The summed E-state index contributed by atoms with van der Waals surface area (Å²) in [6.45, 7) is 1.05. The minimum Gasteiger partial charge on any atom is -0.312 e. The Morgan fingerprint density at radius 3 is 1.84 bits per heavy atom. The van der Waals surface area contributed by atoms with Crippen LogP contribution in [0.5, 0.6) is 0 Å². The monoisotopic (exact) mass is 271 g/mol. The van der Waals surface area contributed by atoms with Gasteiger partial charge in [0.2, 0.25) is 0 Å². The molecule has 2 aromatic rings. The maximum atomic E-state index is 7.13. The Kier molecular flexibility index (Phi) is 3.58. The standard InChI is InChI=1S/C17H18ClN/c18-17(16-12-7-13-19-16,14-8-3-1-4-9-14)15-10-5-2-6-11-15/h1-6,8-11,16,19H,7,12-13H2/t16-/m0/s1. The molecule has 0 unspecified atom stereocenters. The van der Waals surface area contributed by atoms with Crippen molar-refractivity contribution in [2.45, 2.75) is 23.8 Å². The first kappa shape index (κ1) is 12.7. The average molecular weight is 272 g/mol. The van der Waals surface area contributed by atoms with E-state index in [1.165, 1.54) is 17.5 Å². The highest BCUT2D eigenvalue weighted by Gasteiger charge is 2.41. The molecular weight excluding hydrogens is 254 g/mol. The molecule has 1 fully saturated rings. The number of benzene rings is 2. The van der Waals surface area contributed by atoms with E-state index in [0.29, 0.717) is 6.04 Å². The van der Waals surface area contributed by atoms with E-state index in [9.17, 15) is 0 Å². The molecule has 1 atom stereocenters. The molecule has 98 valence electrons. The summed E-state index contributed by atoms with van der Waals surface area (Å²) < 4.78 is 0. The van der Waals surface area contributed by atoms with Crippen LogP contribution >= 0.6 is 11.6 Å². The van der Waals surface area contributed by atoms with Gasteiger partial charge in [0.1, 0.15) is 4.87 Å². The lowest BCUT2D eigenvalue weighted by atomic mass is 9.83. The van der Waals surface area contributed by atoms with E-state index in [2.05, 4.69) is 53.8 Å². The fraction of sp³-hybridized carbons (Fsp3) is 0.294. The highest BCUT2D eigenvalue weighted by Crippen LogP contribution is 2.42. The Morgan fingerprint density at radius 1 is 0.895 bits per heavy atom. The van der Waals surface area contributed by atoms with Gasteiger partial charge in [0.05, 0.1) is 0 Å². The topological polar surface area (TPSA) is 12.0 Å². The molecular formula is C17H18ClN. The SMILES string of the molecule is ClC(c1ccccc1)(c1ccccc1)[C@@H]1CCCN1. The maximum absolute atomic E-state index is 7.13. The van der Waals surface area contributed by atoms with Crippen LogP contribution in [0, 0.1) is 0 Å². The van der Waals surface area contributed by atoms with Gasteiger partial charge in [-0.3, -0.25) is 0 Å². The largest absolute Gasteiger partial charge is 0.312 e. The molecule has 2 aromatic carbocycles. The van der Waals surface area contributed by atoms with Crippen LogP contribution in [0.4, 0.5) is 0 Å². The Bertz CT molecular complexity index is 478. The fourth-order valence-electron chi connectivity index (χ4n) is 2.95. The molecule has 1 N–H and O–H groups in total. The highest BCUT2D eigenvalue weighted by atomic mass is 35.5. The van der Waals surface area contributed by atoms with Crippen molar-refractivity contribution in [3.05, 3.63) is 71.8 Å². The van der Waals surface area contributed by atoms with E-state index in [1.54, 1.807) is 0 Å². The Balaban J connectivity index is 2.10. The number of rotatable bonds is 3. The lowest BCUT2D eigenvalue weighted by Crippen LogP contribution is -2.42. The van der Waals surface area contributed by atoms with Crippen molar-refractivity contribution in [3.63, 3.8) is 0 Å². The Hall–Kier alpha value is -1.31. The van der Waals surface area contributed by atoms with E-state index in [1.807, 2.05) is 12.1 Å². The molecule has 0 aromatic heterocycles. The second kappa shape index (κ2) is 5.36. The van der Waals surface area contributed by atoms with Gasteiger partial charge in [-0.15, -0.1) is 11.6 Å². The van der Waals surface area contributed by atoms with Crippen LogP contribution in [0.15, 0.2) is 60.7 Å². The fourth-order valence-corrected chi connectivity index (χ4v) is 3.39. The average Bonchev–Trinajstić information content (AvgIpc) is 3.03. The first-order valence-electron chi connectivity index (χ1n) is 6.85. The molecule has 0 spiro atoms. The maximum Gasteiger partial charge on any atom is 0.110 e. The number of nitrogens with one attached hydrogen (secondary N) is 1. The predicted octanol–water partition coefficient (Wildman–Crippen LogP) is 3.92. The van der Waals surface area contributed by atoms with Crippen molar-refractivity contribution in [2.24, 2.45) is 0 Å². The first-order valence-corrected chi connectivity index (χ1v) is 7.23. The predicted molar refractivity (Wildman–Crippen MR) is 80.5 cm³/mol. The summed E-state index contributed by atoms with van der Waals surface area (Å²) in [5, 5.41) is 3.56. The number of alkyl halides is 1. The molecule has 0 radical (unpaired) electrons. The summed E-state index contributed by atoms with van der Waals surface area (Å²) >= 11 is 7.13. The second-order valence-electron chi connectivity index (χ2n) is 5.09. The van der Waals surface area contributed by atoms with Crippen LogP contribution in [-0.4, -0.2) is 12.6 Å². The summed E-state index contributed by atoms with van der Waals surface area (Å²) in [5.41, 5.74) is 2.34. The second-order valence-corrected chi connectivity index (χ2v) is 5.69. The minimum absolute atomic E-state index is 0.291. The van der Waals surface area contributed by atoms with Gasteiger partial charge in [-0.25, -0.2) is 0 Å². The molecule has 1 heterocycles. The lowest BCUT2D eigenvalue weighted by Gasteiger charge is -2.34. The van der Waals surface area contributed by atoms with Crippen LogP contribution in [0.2, 0.25) is 0 Å². The summed E-state index contributed by atoms with van der Waals surface area (Å²) in [6, 6.07) is 21.1. The number of hydrogen-bond donors (Lipinski definition) is 1. The Labute approximate surface area is 119 Å². The third-order valence-corrected chi connectivity index (χ3v) is 4.63. The van der Waals surface area contributed by atoms with Crippen LogP contribution in [-0.2, 0) is 4.87 Å². The lowest BCUT2D eigenvalue weighted by molar-refractivity contribution is 0.494. The van der Waals surface area contributed by atoms with Gasteiger partial charge >= 0.3 is 0 Å². The molecule has 3 rings (SSSR count). The quantitative estimate of drug-likeness (QED) is 0.835. The van der Waals surface area contributed by atoms with E-state index in [4.69, 9.17) is 11.6 Å². The zero-order valence-corrected chi connectivity index (χ0v) is 11.6.